The van der Waals surface area contributed by atoms with Gasteiger partial charge in [-0.3, -0.25) is 4.98 Å². The molecule has 1 rings (SSSR count). The summed E-state index contributed by atoms with van der Waals surface area (Å²) in [6.45, 7) is -0.805. The van der Waals surface area contributed by atoms with E-state index in [1.807, 2.05) is 6.07 Å². The largest absolute Gasteiger partial charge is 0.254 e. The Labute approximate surface area is 52.2 Å². The molecule has 0 aliphatic rings. The van der Waals surface area contributed by atoms with Crippen molar-refractivity contribution in [1.82, 2.24) is 4.98 Å². The number of aryl methyl sites for hydroxylation is 1. The molecule has 0 aromatic carbocycles. The molecule has 1 heteroatoms. The van der Waals surface area contributed by atoms with Crippen molar-refractivity contribution in [3.8, 4) is 0 Å². The Morgan fingerprint density at radius 2 is 3.00 bits per heavy atom. The fourth-order valence-corrected chi connectivity index (χ4v) is 0.473. The van der Waals surface area contributed by atoms with Gasteiger partial charge in [-0.15, -0.1) is 0 Å². The van der Waals surface area contributed by atoms with Gasteiger partial charge in [-0.2, -0.15) is 0 Å². The molecule has 0 amide bonds. The van der Waals surface area contributed by atoms with Crippen LogP contribution in [0.5, 0.6) is 0 Å². The highest BCUT2D eigenvalue weighted by Gasteiger charge is 1.82. The number of hydrogen-bond acceptors (Lipinski definition) is 1. The summed E-state index contributed by atoms with van der Waals surface area (Å²) in [7, 11) is 0. The van der Waals surface area contributed by atoms with Gasteiger partial charge in [0.2, 0.25) is 0 Å². The summed E-state index contributed by atoms with van der Waals surface area (Å²) in [5.41, 5.74) is 0.831. The van der Waals surface area contributed by atoms with E-state index in [-0.39, 0.29) is 0 Å². The van der Waals surface area contributed by atoms with E-state index in [0.29, 0.717) is 6.42 Å². The average Bonchev–Trinajstić information content (AvgIpc) is 1.88. The van der Waals surface area contributed by atoms with Gasteiger partial charge in [-0.1, -0.05) is 12.9 Å². The van der Waals surface area contributed by atoms with E-state index in [4.69, 9.17) is 2.74 Å². The van der Waals surface area contributed by atoms with Crippen LogP contribution in [0.15, 0.2) is 18.3 Å². The summed E-state index contributed by atoms with van der Waals surface area (Å²) >= 11 is 0. The predicted molar refractivity (Wildman–Crippen MR) is 32.5 cm³/mol. The van der Waals surface area contributed by atoms with Crippen molar-refractivity contribution in [3.63, 3.8) is 0 Å². The summed E-state index contributed by atoms with van der Waals surface area (Å²) in [5, 5.41) is 0. The summed E-state index contributed by atoms with van der Waals surface area (Å²) in [6.07, 6.45) is 4.75. The van der Waals surface area contributed by atoms with Crippen molar-refractivity contribution in [2.75, 3.05) is 0 Å². The van der Waals surface area contributed by atoms with Crippen LogP contribution in [0.3, 0.4) is 0 Å². The molecule has 1 aromatic heterocycles. The highest BCUT2D eigenvalue weighted by molar-refractivity contribution is 5.05. The van der Waals surface area contributed by atoms with Crippen molar-refractivity contribution in [1.29, 1.82) is 0 Å². The molecule has 0 bridgehead atoms. The minimum atomic E-state index is -0.805. The summed E-state index contributed by atoms with van der Waals surface area (Å²) in [5.74, 6) is 0. The lowest BCUT2D eigenvalue weighted by molar-refractivity contribution is 1.10. The van der Waals surface area contributed by atoms with Gasteiger partial charge in [0.05, 0.1) is 6.20 Å². The molecule has 1 nitrogen and oxygen atoms in total. The summed E-state index contributed by atoms with van der Waals surface area (Å²) < 4.78 is 13.9. The van der Waals surface area contributed by atoms with Crippen molar-refractivity contribution in [3.05, 3.63) is 30.1 Å². The maximum absolute atomic E-state index is 6.93. The summed E-state index contributed by atoms with van der Waals surface area (Å²) in [6, 6.07) is 3.61. The molecule has 0 aliphatic carbocycles. The molecular formula is C7H8N. The maximum atomic E-state index is 6.93. The number of pyridine rings is 1. The van der Waals surface area contributed by atoms with Crippen LogP contribution in [0.1, 0.15) is 15.2 Å². The SMILES string of the molecule is [2H]C([2H])Cc1[c]nccc1. The molecule has 0 spiro atoms. The van der Waals surface area contributed by atoms with Crippen LogP contribution in [0.2, 0.25) is 0 Å². The smallest absolute Gasteiger partial charge is 0.0920 e. The van der Waals surface area contributed by atoms with Crippen molar-refractivity contribution >= 4 is 0 Å². The zero-order valence-corrected chi connectivity index (χ0v) is 4.46. The first-order valence-corrected chi connectivity index (χ1v) is 2.45. The summed E-state index contributed by atoms with van der Waals surface area (Å²) in [4.78, 5) is 3.75. The predicted octanol–water partition coefficient (Wildman–Crippen LogP) is 1.44. The van der Waals surface area contributed by atoms with E-state index in [2.05, 4.69) is 11.2 Å². The molecule has 0 N–H and O–H groups in total. The van der Waals surface area contributed by atoms with Gasteiger partial charge in [0.25, 0.3) is 0 Å². The number of hydrogen-bond donors (Lipinski definition) is 0. The molecule has 0 unspecified atom stereocenters. The average molecular weight is 108 g/mol. The highest BCUT2D eigenvalue weighted by atomic mass is 14.6. The molecule has 1 heterocycles. The first-order valence-electron chi connectivity index (χ1n) is 3.60. The third-order valence-corrected chi connectivity index (χ3v) is 0.886. The molecule has 0 atom stereocenters. The van der Waals surface area contributed by atoms with E-state index >= 15 is 0 Å². The second-order valence-corrected chi connectivity index (χ2v) is 1.48. The quantitative estimate of drug-likeness (QED) is 0.530. The van der Waals surface area contributed by atoms with E-state index < -0.39 is 6.88 Å². The minimum absolute atomic E-state index is 0.411. The van der Waals surface area contributed by atoms with E-state index in [0.717, 1.165) is 5.56 Å². The monoisotopic (exact) mass is 108 g/mol. The lowest BCUT2D eigenvalue weighted by atomic mass is 10.2. The van der Waals surface area contributed by atoms with E-state index in [1.165, 1.54) is 0 Å². The number of rotatable bonds is 1. The molecule has 0 saturated heterocycles. The second-order valence-electron chi connectivity index (χ2n) is 1.48. The Kier molecular flexibility index (Phi) is 0.992. The van der Waals surface area contributed by atoms with Crippen LogP contribution in [0.4, 0.5) is 0 Å². The lowest BCUT2D eigenvalue weighted by Crippen LogP contribution is -1.78. The molecule has 1 aromatic rings. The van der Waals surface area contributed by atoms with Gasteiger partial charge in [0, 0.05) is 8.94 Å². The Bertz CT molecular complexity index is 186. The topological polar surface area (TPSA) is 12.9 Å². The Balaban J connectivity index is 2.59. The van der Waals surface area contributed by atoms with Crippen LogP contribution in [-0.4, -0.2) is 4.98 Å². The van der Waals surface area contributed by atoms with Crippen LogP contribution in [0.25, 0.3) is 0 Å². The zero-order valence-electron chi connectivity index (χ0n) is 6.46. The molecule has 0 saturated carbocycles. The second kappa shape index (κ2) is 2.46. The third kappa shape index (κ3) is 1.06. The van der Waals surface area contributed by atoms with Gasteiger partial charge in [-0.25, -0.2) is 0 Å². The fourth-order valence-electron chi connectivity index (χ4n) is 0.473. The van der Waals surface area contributed by atoms with Crippen LogP contribution in [0, 0.1) is 6.20 Å². The minimum Gasteiger partial charge on any atom is -0.254 e. The Morgan fingerprint density at radius 1 is 2.00 bits per heavy atom. The van der Waals surface area contributed by atoms with Crippen molar-refractivity contribution < 1.29 is 2.74 Å². The fraction of sp³-hybridized carbons (Fsp3) is 0.286. The Hall–Kier alpha value is -0.850. The van der Waals surface area contributed by atoms with Crippen molar-refractivity contribution in [2.45, 2.75) is 13.3 Å². The third-order valence-electron chi connectivity index (χ3n) is 0.886. The van der Waals surface area contributed by atoms with Gasteiger partial charge < -0.3 is 0 Å². The number of aromatic nitrogens is 1. The van der Waals surface area contributed by atoms with Crippen LogP contribution >= 0.6 is 0 Å². The normalized spacial score (nSPS) is 13.1. The molecule has 1 radical (unpaired) electrons. The van der Waals surface area contributed by atoms with Crippen LogP contribution < -0.4 is 0 Å². The lowest BCUT2D eigenvalue weighted by Gasteiger charge is -1.87. The van der Waals surface area contributed by atoms with Gasteiger partial charge in [0.1, 0.15) is 0 Å². The van der Waals surface area contributed by atoms with Crippen molar-refractivity contribution in [2.24, 2.45) is 0 Å². The highest BCUT2D eigenvalue weighted by Crippen LogP contribution is 1.92. The van der Waals surface area contributed by atoms with Gasteiger partial charge in [0.15, 0.2) is 0 Å². The zero-order chi connectivity index (χ0) is 7.40. The molecule has 0 fully saturated rings. The van der Waals surface area contributed by atoms with Gasteiger partial charge in [-0.05, 0) is 18.1 Å². The maximum Gasteiger partial charge on any atom is 0.0920 e. The van der Waals surface area contributed by atoms with Gasteiger partial charge >= 0.3 is 0 Å². The molecule has 0 aliphatic heterocycles. The molecule has 8 heavy (non-hydrogen) atoms. The number of nitrogens with zero attached hydrogens (tertiary/aromatic N) is 1. The molecule has 41 valence electrons. The Morgan fingerprint density at radius 3 is 3.62 bits per heavy atom. The first kappa shape index (κ1) is 3.23. The standard InChI is InChI=1S/C7H8N/c1-2-7-4-3-5-8-6-7/h3-5H,2H2,1H3/i1D2. The first-order chi connectivity index (χ1) is 4.79. The van der Waals surface area contributed by atoms with Crippen LogP contribution in [-0.2, 0) is 6.42 Å². The van der Waals surface area contributed by atoms with E-state index in [9.17, 15) is 0 Å². The van der Waals surface area contributed by atoms with E-state index in [1.54, 1.807) is 12.3 Å². The molecular weight excluding hydrogens is 98.1 g/mol.